The minimum Gasteiger partial charge on any atom is -0.497 e. The van der Waals surface area contributed by atoms with Crippen LogP contribution in [-0.4, -0.2) is 56.6 Å². The zero-order chi connectivity index (χ0) is 25.8. The number of piperazine rings is 1. The second-order valence-corrected chi connectivity index (χ2v) is 8.94. The van der Waals surface area contributed by atoms with Crippen molar-refractivity contribution in [2.75, 3.05) is 50.1 Å². The van der Waals surface area contributed by atoms with Crippen molar-refractivity contribution in [2.24, 2.45) is 0 Å². The average Bonchev–Trinajstić information content (AvgIpc) is 3.30. The number of para-hydroxylation sites is 1. The van der Waals surface area contributed by atoms with Crippen molar-refractivity contribution in [3.05, 3.63) is 84.1 Å². The summed E-state index contributed by atoms with van der Waals surface area (Å²) < 4.78 is 16.9. The van der Waals surface area contributed by atoms with Crippen LogP contribution in [0.4, 0.5) is 11.4 Å². The number of nitrogens with zero attached hydrogens (tertiary/aromatic N) is 2. The summed E-state index contributed by atoms with van der Waals surface area (Å²) in [4.78, 5) is 30.3. The van der Waals surface area contributed by atoms with Crippen molar-refractivity contribution in [2.45, 2.75) is 6.92 Å². The third-order valence-corrected chi connectivity index (χ3v) is 6.40. The molecule has 1 aliphatic rings. The molecule has 5 rings (SSSR count). The molecule has 0 saturated carbocycles. The molecule has 2 heterocycles. The highest BCUT2D eigenvalue weighted by atomic mass is 16.5. The summed E-state index contributed by atoms with van der Waals surface area (Å²) in [6.07, 6.45) is 0. The Bertz CT molecular complexity index is 1420. The van der Waals surface area contributed by atoms with Gasteiger partial charge in [0.2, 0.25) is 5.76 Å². The van der Waals surface area contributed by atoms with Crippen LogP contribution < -0.4 is 19.7 Å². The molecule has 0 spiro atoms. The topological polar surface area (TPSA) is 84.3 Å². The molecule has 0 atom stereocenters. The van der Waals surface area contributed by atoms with E-state index in [1.807, 2.05) is 67.6 Å². The number of anilines is 2. The van der Waals surface area contributed by atoms with Gasteiger partial charge in [-0.15, -0.1) is 0 Å². The molecule has 4 aromatic rings. The molecule has 0 bridgehead atoms. The van der Waals surface area contributed by atoms with E-state index in [1.165, 1.54) is 0 Å². The van der Waals surface area contributed by atoms with Gasteiger partial charge in [-0.1, -0.05) is 30.3 Å². The molecule has 1 aromatic heterocycles. The molecule has 1 aliphatic heterocycles. The van der Waals surface area contributed by atoms with Gasteiger partial charge >= 0.3 is 0 Å². The zero-order valence-electron chi connectivity index (χ0n) is 20.9. The number of hydrogen-bond donors (Lipinski definition) is 1. The fourth-order valence-electron chi connectivity index (χ4n) is 4.47. The van der Waals surface area contributed by atoms with Gasteiger partial charge in [0, 0.05) is 43.3 Å². The maximum atomic E-state index is 13.5. The molecule has 1 fully saturated rings. The number of rotatable bonds is 7. The van der Waals surface area contributed by atoms with Crippen LogP contribution >= 0.6 is 0 Å². The first kappa shape index (κ1) is 24.2. The van der Waals surface area contributed by atoms with E-state index in [9.17, 15) is 9.59 Å². The Hall–Kier alpha value is -4.46. The number of benzene rings is 3. The van der Waals surface area contributed by atoms with Crippen molar-refractivity contribution in [3.63, 3.8) is 0 Å². The smallest absolute Gasteiger partial charge is 0.291 e. The lowest BCUT2D eigenvalue weighted by molar-refractivity contribution is -0.118. The fraction of sp³-hybridized carbons (Fsp3) is 0.241. The Kier molecular flexibility index (Phi) is 6.98. The summed E-state index contributed by atoms with van der Waals surface area (Å²) in [7, 11) is 1.65. The molecule has 1 saturated heterocycles. The van der Waals surface area contributed by atoms with Crippen molar-refractivity contribution < 1.29 is 23.5 Å². The zero-order valence-corrected chi connectivity index (χ0v) is 20.9. The molecule has 37 heavy (non-hydrogen) atoms. The predicted octanol–water partition coefficient (Wildman–Crippen LogP) is 4.73. The summed E-state index contributed by atoms with van der Waals surface area (Å²) in [6.45, 7) is 4.17. The quantitative estimate of drug-likeness (QED) is 0.396. The van der Waals surface area contributed by atoms with Crippen LogP contribution in [0.2, 0.25) is 0 Å². The summed E-state index contributed by atoms with van der Waals surface area (Å²) >= 11 is 0. The van der Waals surface area contributed by atoms with E-state index in [0.717, 1.165) is 17.0 Å². The number of aryl methyl sites for hydroxylation is 1. The summed E-state index contributed by atoms with van der Waals surface area (Å²) in [5, 5.41) is 3.53. The molecule has 0 aliphatic carbocycles. The summed E-state index contributed by atoms with van der Waals surface area (Å²) in [5.74, 6) is 0.906. The lowest BCUT2D eigenvalue weighted by Crippen LogP contribution is -2.48. The molecular formula is C29H29N3O5. The predicted molar refractivity (Wildman–Crippen MR) is 143 cm³/mol. The molecular weight excluding hydrogens is 470 g/mol. The molecule has 8 heteroatoms. The number of methoxy groups -OCH3 is 1. The molecule has 8 nitrogen and oxygen atoms in total. The van der Waals surface area contributed by atoms with Crippen LogP contribution in [0.1, 0.15) is 16.1 Å². The first-order valence-electron chi connectivity index (χ1n) is 12.2. The molecule has 2 amide bonds. The number of carbonyl (C=O) groups is 2. The first-order chi connectivity index (χ1) is 18.0. The maximum Gasteiger partial charge on any atom is 0.291 e. The van der Waals surface area contributed by atoms with Crippen LogP contribution in [0.5, 0.6) is 11.5 Å². The van der Waals surface area contributed by atoms with E-state index in [2.05, 4.69) is 10.2 Å². The number of nitrogens with one attached hydrogen (secondary N) is 1. The first-order valence-corrected chi connectivity index (χ1v) is 12.2. The van der Waals surface area contributed by atoms with E-state index < -0.39 is 0 Å². The molecule has 0 radical (unpaired) electrons. The maximum absolute atomic E-state index is 13.5. The molecule has 0 unspecified atom stereocenters. The number of furan rings is 1. The van der Waals surface area contributed by atoms with Crippen molar-refractivity contribution in [1.82, 2.24) is 4.90 Å². The summed E-state index contributed by atoms with van der Waals surface area (Å²) in [5.41, 5.74) is 3.00. The van der Waals surface area contributed by atoms with Gasteiger partial charge in [-0.25, -0.2) is 0 Å². The monoisotopic (exact) mass is 499 g/mol. The second kappa shape index (κ2) is 10.7. The Morgan fingerprint density at radius 3 is 2.46 bits per heavy atom. The highest BCUT2D eigenvalue weighted by Crippen LogP contribution is 2.32. The van der Waals surface area contributed by atoms with Crippen LogP contribution in [0, 0.1) is 6.92 Å². The standard InChI is InChI=1S/C29H29N3O5/c1-20-7-5-10-23(17-20)36-19-26(33)30-27-24-11-3-4-12-25(24)37-28(27)29(34)32-15-13-31(14-16-32)21-8-6-9-22(18-21)35-2/h3-12,17-18H,13-16,19H2,1-2H3,(H,30,33). The van der Waals surface area contributed by atoms with Crippen LogP contribution in [0.3, 0.4) is 0 Å². The van der Waals surface area contributed by atoms with Gasteiger partial charge in [0.25, 0.3) is 11.8 Å². The number of ether oxygens (including phenoxy) is 2. The van der Waals surface area contributed by atoms with Gasteiger partial charge in [-0.2, -0.15) is 0 Å². The Labute approximate surface area is 215 Å². The minimum atomic E-state index is -0.370. The van der Waals surface area contributed by atoms with Gasteiger partial charge in [-0.3, -0.25) is 9.59 Å². The van der Waals surface area contributed by atoms with Crippen molar-refractivity contribution >= 4 is 34.2 Å². The van der Waals surface area contributed by atoms with Crippen LogP contribution in [0.25, 0.3) is 11.0 Å². The SMILES string of the molecule is COc1cccc(N2CCN(C(=O)c3oc4ccccc4c3NC(=O)COc3cccc(C)c3)CC2)c1. The second-order valence-electron chi connectivity index (χ2n) is 8.94. The minimum absolute atomic E-state index is 0.125. The third-order valence-electron chi connectivity index (χ3n) is 6.40. The number of carbonyl (C=O) groups excluding carboxylic acids is 2. The Morgan fingerprint density at radius 1 is 0.919 bits per heavy atom. The number of amides is 2. The fourth-order valence-corrected chi connectivity index (χ4v) is 4.47. The lowest BCUT2D eigenvalue weighted by atomic mass is 10.2. The Morgan fingerprint density at radius 2 is 1.68 bits per heavy atom. The lowest BCUT2D eigenvalue weighted by Gasteiger charge is -2.36. The van der Waals surface area contributed by atoms with Gasteiger partial charge in [-0.05, 0) is 48.9 Å². The molecule has 190 valence electrons. The number of hydrogen-bond acceptors (Lipinski definition) is 6. The van der Waals surface area contributed by atoms with E-state index in [-0.39, 0.29) is 24.2 Å². The van der Waals surface area contributed by atoms with E-state index in [0.29, 0.717) is 48.6 Å². The van der Waals surface area contributed by atoms with Crippen molar-refractivity contribution in [3.8, 4) is 11.5 Å². The largest absolute Gasteiger partial charge is 0.497 e. The molecule has 3 aromatic carbocycles. The van der Waals surface area contributed by atoms with Gasteiger partial charge in [0.1, 0.15) is 22.8 Å². The van der Waals surface area contributed by atoms with Crippen LogP contribution in [-0.2, 0) is 4.79 Å². The van der Waals surface area contributed by atoms with E-state index in [4.69, 9.17) is 13.9 Å². The number of fused-ring (bicyclic) bond motifs is 1. The highest BCUT2D eigenvalue weighted by molar-refractivity contribution is 6.11. The van der Waals surface area contributed by atoms with Gasteiger partial charge in [0.05, 0.1) is 7.11 Å². The van der Waals surface area contributed by atoms with E-state index in [1.54, 1.807) is 24.1 Å². The highest BCUT2D eigenvalue weighted by Gasteiger charge is 2.29. The Balaban J connectivity index is 1.30. The molecule has 1 N–H and O–H groups in total. The van der Waals surface area contributed by atoms with E-state index >= 15 is 0 Å². The van der Waals surface area contributed by atoms with Gasteiger partial charge in [0.15, 0.2) is 6.61 Å². The third kappa shape index (κ3) is 5.38. The van der Waals surface area contributed by atoms with Crippen LogP contribution in [0.15, 0.2) is 77.2 Å². The average molecular weight is 500 g/mol. The summed E-state index contributed by atoms with van der Waals surface area (Å²) in [6, 6.07) is 22.7. The van der Waals surface area contributed by atoms with Crippen molar-refractivity contribution in [1.29, 1.82) is 0 Å². The normalized spacial score (nSPS) is 13.5. The van der Waals surface area contributed by atoms with Gasteiger partial charge < -0.3 is 29.0 Å².